The third-order valence-electron chi connectivity index (χ3n) is 4.27. The zero-order valence-electron chi connectivity index (χ0n) is 13.9. The summed E-state index contributed by atoms with van der Waals surface area (Å²) in [5.41, 5.74) is 7.14. The average molecular weight is 372 g/mol. The molecule has 0 aromatic heterocycles. The van der Waals surface area contributed by atoms with E-state index in [1.54, 1.807) is 53.4 Å². The highest BCUT2D eigenvalue weighted by atomic mass is 35.5. The molecule has 26 heavy (non-hydrogen) atoms. The highest BCUT2D eigenvalue weighted by Crippen LogP contribution is 2.27. The molecule has 0 aliphatic carbocycles. The van der Waals surface area contributed by atoms with E-state index in [9.17, 15) is 14.4 Å². The molecule has 1 unspecified atom stereocenters. The topological polar surface area (TPSA) is 92.5 Å². The van der Waals surface area contributed by atoms with Gasteiger partial charge in [-0.25, -0.2) is 0 Å². The summed E-state index contributed by atoms with van der Waals surface area (Å²) in [6.07, 6.45) is 0.170. The predicted molar refractivity (Wildman–Crippen MR) is 99.9 cm³/mol. The Hall–Kier alpha value is -2.86. The molecule has 1 aliphatic heterocycles. The van der Waals surface area contributed by atoms with Gasteiger partial charge in [-0.15, -0.1) is 0 Å². The van der Waals surface area contributed by atoms with Gasteiger partial charge in [0.2, 0.25) is 17.7 Å². The number of rotatable bonds is 5. The number of primary amides is 1. The van der Waals surface area contributed by atoms with Gasteiger partial charge in [0.25, 0.3) is 0 Å². The van der Waals surface area contributed by atoms with Gasteiger partial charge in [0.15, 0.2) is 0 Å². The molecule has 134 valence electrons. The third kappa shape index (κ3) is 4.03. The summed E-state index contributed by atoms with van der Waals surface area (Å²) in [7, 11) is 0. The third-order valence-corrected chi connectivity index (χ3v) is 4.53. The molecule has 1 aliphatic rings. The molecule has 1 atom stereocenters. The highest BCUT2D eigenvalue weighted by Gasteiger charge is 2.35. The van der Waals surface area contributed by atoms with Gasteiger partial charge in [0.05, 0.1) is 12.3 Å². The van der Waals surface area contributed by atoms with E-state index in [0.717, 1.165) is 0 Å². The molecular formula is C19H18ClN3O3. The Morgan fingerprint density at radius 2 is 1.85 bits per heavy atom. The lowest BCUT2D eigenvalue weighted by molar-refractivity contribution is -0.122. The van der Waals surface area contributed by atoms with Crippen LogP contribution >= 0.6 is 11.6 Å². The van der Waals surface area contributed by atoms with E-state index in [-0.39, 0.29) is 24.7 Å². The summed E-state index contributed by atoms with van der Waals surface area (Å²) >= 11 is 5.87. The van der Waals surface area contributed by atoms with Crippen molar-refractivity contribution in [2.45, 2.75) is 12.8 Å². The molecule has 1 fully saturated rings. The van der Waals surface area contributed by atoms with E-state index >= 15 is 0 Å². The summed E-state index contributed by atoms with van der Waals surface area (Å²) in [5, 5.41) is 3.40. The minimum absolute atomic E-state index is 0.0386. The maximum atomic E-state index is 12.6. The predicted octanol–water partition coefficient (Wildman–Crippen LogP) is 2.36. The Bertz CT molecular complexity index is 851. The number of para-hydroxylation sites is 1. The summed E-state index contributed by atoms with van der Waals surface area (Å²) in [5.74, 6) is -1.32. The van der Waals surface area contributed by atoms with Crippen molar-refractivity contribution in [3.05, 3.63) is 59.1 Å². The first-order chi connectivity index (χ1) is 12.4. The molecule has 6 nitrogen and oxygen atoms in total. The molecule has 0 saturated carbocycles. The van der Waals surface area contributed by atoms with E-state index in [2.05, 4.69) is 5.32 Å². The molecule has 3 N–H and O–H groups in total. The van der Waals surface area contributed by atoms with Crippen LogP contribution in [0, 0.1) is 5.92 Å². The standard InChI is InChI=1S/C19H18ClN3O3/c20-14-5-7-15(8-6-14)23-11-13(10-18(23)25)19(26)22-16-4-2-1-3-12(16)9-17(21)24/h1-8,13H,9-11H2,(H2,21,24)(H,22,26). The van der Waals surface area contributed by atoms with Gasteiger partial charge in [-0.3, -0.25) is 14.4 Å². The van der Waals surface area contributed by atoms with Crippen LogP contribution in [0.5, 0.6) is 0 Å². The monoisotopic (exact) mass is 371 g/mol. The lowest BCUT2D eigenvalue weighted by Crippen LogP contribution is -2.28. The fourth-order valence-electron chi connectivity index (χ4n) is 2.97. The fourth-order valence-corrected chi connectivity index (χ4v) is 3.10. The minimum Gasteiger partial charge on any atom is -0.369 e. The first-order valence-electron chi connectivity index (χ1n) is 8.17. The second-order valence-electron chi connectivity index (χ2n) is 6.17. The summed E-state index contributed by atoms with van der Waals surface area (Å²) in [6.45, 7) is 0.296. The van der Waals surface area contributed by atoms with Crippen LogP contribution in [0.15, 0.2) is 48.5 Å². The molecule has 1 heterocycles. The van der Waals surface area contributed by atoms with Gasteiger partial charge in [-0.2, -0.15) is 0 Å². The number of amides is 3. The molecule has 7 heteroatoms. The van der Waals surface area contributed by atoms with E-state index in [1.807, 2.05) is 0 Å². The van der Waals surface area contributed by atoms with E-state index in [4.69, 9.17) is 17.3 Å². The Balaban J connectivity index is 1.71. The quantitative estimate of drug-likeness (QED) is 0.845. The van der Waals surface area contributed by atoms with Crippen molar-refractivity contribution in [1.29, 1.82) is 0 Å². The second-order valence-corrected chi connectivity index (χ2v) is 6.61. The molecule has 0 radical (unpaired) electrons. The van der Waals surface area contributed by atoms with Crippen molar-refractivity contribution in [2.24, 2.45) is 11.7 Å². The number of nitrogens with zero attached hydrogens (tertiary/aromatic N) is 1. The van der Waals surface area contributed by atoms with Crippen molar-refractivity contribution in [3.8, 4) is 0 Å². The Labute approximate surface area is 155 Å². The van der Waals surface area contributed by atoms with Gasteiger partial charge in [0, 0.05) is 29.4 Å². The fraction of sp³-hybridized carbons (Fsp3) is 0.211. The number of nitrogens with two attached hydrogens (primary N) is 1. The van der Waals surface area contributed by atoms with Crippen molar-refractivity contribution in [1.82, 2.24) is 0 Å². The second kappa shape index (κ2) is 7.58. The molecule has 1 saturated heterocycles. The Morgan fingerprint density at radius 3 is 2.54 bits per heavy atom. The SMILES string of the molecule is NC(=O)Cc1ccccc1NC(=O)C1CC(=O)N(c2ccc(Cl)cc2)C1. The highest BCUT2D eigenvalue weighted by molar-refractivity contribution is 6.30. The maximum Gasteiger partial charge on any atom is 0.229 e. The van der Waals surface area contributed by atoms with Crippen LogP contribution in [0.1, 0.15) is 12.0 Å². The van der Waals surface area contributed by atoms with Gasteiger partial charge >= 0.3 is 0 Å². The number of hydrogen-bond donors (Lipinski definition) is 2. The molecule has 2 aromatic carbocycles. The van der Waals surface area contributed by atoms with Crippen LogP contribution in [0.2, 0.25) is 5.02 Å². The van der Waals surface area contributed by atoms with Gasteiger partial charge in [-0.1, -0.05) is 29.8 Å². The van der Waals surface area contributed by atoms with Gasteiger partial charge in [-0.05, 0) is 35.9 Å². The zero-order valence-corrected chi connectivity index (χ0v) is 14.7. The number of hydrogen-bond acceptors (Lipinski definition) is 3. The van der Waals surface area contributed by atoms with Crippen LogP contribution < -0.4 is 16.0 Å². The van der Waals surface area contributed by atoms with Crippen LogP contribution in [0.25, 0.3) is 0 Å². The first-order valence-corrected chi connectivity index (χ1v) is 8.55. The normalized spacial score (nSPS) is 16.6. The number of carbonyl (C=O) groups is 3. The zero-order chi connectivity index (χ0) is 18.7. The van der Waals surface area contributed by atoms with Gasteiger partial charge < -0.3 is 16.0 Å². The lowest BCUT2D eigenvalue weighted by Gasteiger charge is -2.17. The largest absolute Gasteiger partial charge is 0.369 e. The molecule has 3 rings (SSSR count). The summed E-state index contributed by atoms with van der Waals surface area (Å²) in [4.78, 5) is 37.7. The van der Waals surface area contributed by atoms with Crippen molar-refractivity contribution in [2.75, 3.05) is 16.8 Å². The lowest BCUT2D eigenvalue weighted by atomic mass is 10.1. The van der Waals surface area contributed by atoms with Crippen LogP contribution in [-0.2, 0) is 20.8 Å². The van der Waals surface area contributed by atoms with E-state index < -0.39 is 11.8 Å². The van der Waals surface area contributed by atoms with E-state index in [0.29, 0.717) is 28.5 Å². The molecule has 2 aromatic rings. The van der Waals surface area contributed by atoms with Crippen LogP contribution in [-0.4, -0.2) is 24.3 Å². The smallest absolute Gasteiger partial charge is 0.229 e. The number of carbonyl (C=O) groups excluding carboxylic acids is 3. The minimum atomic E-state index is -0.475. The molecule has 0 spiro atoms. The number of benzene rings is 2. The maximum absolute atomic E-state index is 12.6. The Morgan fingerprint density at radius 1 is 1.15 bits per heavy atom. The van der Waals surface area contributed by atoms with E-state index in [1.165, 1.54) is 0 Å². The molecule has 3 amide bonds. The number of halogens is 1. The van der Waals surface area contributed by atoms with Crippen molar-refractivity contribution in [3.63, 3.8) is 0 Å². The van der Waals surface area contributed by atoms with Crippen LogP contribution in [0.4, 0.5) is 11.4 Å². The number of anilines is 2. The number of nitrogens with one attached hydrogen (secondary N) is 1. The summed E-state index contributed by atoms with van der Waals surface area (Å²) < 4.78 is 0. The van der Waals surface area contributed by atoms with Crippen molar-refractivity contribution >= 4 is 40.7 Å². The van der Waals surface area contributed by atoms with Gasteiger partial charge in [0.1, 0.15) is 0 Å². The Kier molecular flexibility index (Phi) is 5.23. The van der Waals surface area contributed by atoms with Crippen LogP contribution in [0.3, 0.4) is 0 Å². The molecule has 0 bridgehead atoms. The molecular weight excluding hydrogens is 354 g/mol. The summed E-state index contributed by atoms with van der Waals surface area (Å²) in [6, 6.07) is 13.9. The first kappa shape index (κ1) is 17.9. The average Bonchev–Trinajstić information content (AvgIpc) is 2.99. The van der Waals surface area contributed by atoms with Crippen molar-refractivity contribution < 1.29 is 14.4 Å².